The van der Waals surface area contributed by atoms with Crippen molar-refractivity contribution >= 4 is 12.1 Å². The lowest BCUT2D eigenvalue weighted by atomic mass is 10.2. The molecule has 1 aliphatic carbocycles. The van der Waals surface area contributed by atoms with E-state index in [-0.39, 0.29) is 0 Å². The van der Waals surface area contributed by atoms with E-state index in [1.165, 1.54) is 6.08 Å². The number of carbonyl (C=O) groups is 2. The molecule has 5 heteroatoms. The van der Waals surface area contributed by atoms with Gasteiger partial charge in [0.1, 0.15) is 5.60 Å². The molecule has 5 nitrogen and oxygen atoms in total. The highest BCUT2D eigenvalue weighted by molar-refractivity contribution is 5.82. The standard InChI is InChI=1S/C13H21NO4/c1-5-17-10(15)6-7-13(8-9-13)14-11(16)18-12(2,3)4/h6-7H,5,8-9H2,1-4H3,(H,14,16). The molecule has 0 saturated heterocycles. The largest absolute Gasteiger partial charge is 0.463 e. The smallest absolute Gasteiger partial charge is 0.408 e. The Morgan fingerprint density at radius 1 is 1.33 bits per heavy atom. The number of nitrogens with one attached hydrogen (secondary N) is 1. The lowest BCUT2D eigenvalue weighted by molar-refractivity contribution is -0.137. The van der Waals surface area contributed by atoms with Gasteiger partial charge in [-0.25, -0.2) is 9.59 Å². The fourth-order valence-electron chi connectivity index (χ4n) is 1.39. The van der Waals surface area contributed by atoms with Crippen molar-refractivity contribution in [2.45, 2.75) is 51.7 Å². The molecule has 0 heterocycles. The Bertz CT molecular complexity index is 350. The van der Waals surface area contributed by atoms with Crippen molar-refractivity contribution in [3.63, 3.8) is 0 Å². The van der Waals surface area contributed by atoms with E-state index >= 15 is 0 Å². The second-order valence-electron chi connectivity index (χ2n) is 5.37. The summed E-state index contributed by atoms with van der Waals surface area (Å²) in [6.45, 7) is 7.51. The zero-order chi connectivity index (χ0) is 13.8. The van der Waals surface area contributed by atoms with Crippen LogP contribution in [0.25, 0.3) is 0 Å². The highest BCUT2D eigenvalue weighted by Crippen LogP contribution is 2.37. The predicted octanol–water partition coefficient (Wildman–Crippen LogP) is 2.16. The van der Waals surface area contributed by atoms with E-state index in [0.717, 1.165) is 12.8 Å². The van der Waals surface area contributed by atoms with Gasteiger partial charge in [0.05, 0.1) is 12.1 Å². The summed E-state index contributed by atoms with van der Waals surface area (Å²) in [5.41, 5.74) is -0.958. The molecule has 1 aliphatic rings. The summed E-state index contributed by atoms with van der Waals surface area (Å²) in [4.78, 5) is 22.8. The molecule has 1 amide bonds. The van der Waals surface area contributed by atoms with Gasteiger partial charge in [0.25, 0.3) is 0 Å². The van der Waals surface area contributed by atoms with Crippen LogP contribution >= 0.6 is 0 Å². The Labute approximate surface area is 108 Å². The summed E-state index contributed by atoms with van der Waals surface area (Å²) in [6, 6.07) is 0. The van der Waals surface area contributed by atoms with E-state index in [9.17, 15) is 9.59 Å². The van der Waals surface area contributed by atoms with Crippen LogP contribution in [0.15, 0.2) is 12.2 Å². The van der Waals surface area contributed by atoms with Crippen LogP contribution in [0.1, 0.15) is 40.5 Å². The molecule has 0 aromatic carbocycles. The summed E-state index contributed by atoms with van der Waals surface area (Å²) in [7, 11) is 0. The van der Waals surface area contributed by atoms with Gasteiger partial charge in [0, 0.05) is 6.08 Å². The quantitative estimate of drug-likeness (QED) is 0.617. The Balaban J connectivity index is 2.46. The SMILES string of the molecule is CCOC(=O)C=CC1(NC(=O)OC(C)(C)C)CC1. The van der Waals surface area contributed by atoms with Crippen molar-refractivity contribution < 1.29 is 19.1 Å². The molecule has 18 heavy (non-hydrogen) atoms. The van der Waals surface area contributed by atoms with Crippen molar-refractivity contribution in [2.24, 2.45) is 0 Å². The van der Waals surface area contributed by atoms with Crippen LogP contribution in [-0.2, 0) is 14.3 Å². The molecule has 0 aromatic heterocycles. The number of ether oxygens (including phenoxy) is 2. The first-order chi connectivity index (χ1) is 8.26. The minimum atomic E-state index is -0.523. The maximum Gasteiger partial charge on any atom is 0.408 e. The summed E-state index contributed by atoms with van der Waals surface area (Å²) < 4.78 is 9.95. The lowest BCUT2D eigenvalue weighted by Crippen LogP contribution is -2.39. The molecule has 0 spiro atoms. The summed E-state index contributed by atoms with van der Waals surface area (Å²) >= 11 is 0. The Hall–Kier alpha value is -1.52. The second kappa shape index (κ2) is 5.42. The molecule has 1 N–H and O–H groups in total. The third-order valence-electron chi connectivity index (χ3n) is 2.36. The minimum Gasteiger partial charge on any atom is -0.463 e. The first-order valence-corrected chi connectivity index (χ1v) is 6.13. The molecule has 0 aliphatic heterocycles. The number of rotatable bonds is 4. The maximum absolute atomic E-state index is 11.6. The third-order valence-corrected chi connectivity index (χ3v) is 2.36. The summed E-state index contributed by atoms with van der Waals surface area (Å²) in [5.74, 6) is -0.394. The van der Waals surface area contributed by atoms with Gasteiger partial charge < -0.3 is 14.8 Å². The van der Waals surface area contributed by atoms with Crippen LogP contribution in [0.4, 0.5) is 4.79 Å². The average molecular weight is 255 g/mol. The van der Waals surface area contributed by atoms with Gasteiger partial charge in [-0.15, -0.1) is 0 Å². The first-order valence-electron chi connectivity index (χ1n) is 6.13. The molecule has 0 atom stereocenters. The first kappa shape index (κ1) is 14.5. The Morgan fingerprint density at radius 3 is 2.39 bits per heavy atom. The number of alkyl carbamates (subject to hydrolysis) is 1. The summed E-state index contributed by atoms with van der Waals surface area (Å²) in [6.07, 6.45) is 4.18. The van der Waals surface area contributed by atoms with Crippen molar-refractivity contribution in [2.75, 3.05) is 6.61 Å². The predicted molar refractivity (Wildman–Crippen MR) is 67.1 cm³/mol. The highest BCUT2D eigenvalue weighted by atomic mass is 16.6. The Kier molecular flexibility index (Phi) is 4.38. The molecule has 0 aromatic rings. The van der Waals surface area contributed by atoms with Gasteiger partial charge in [0.2, 0.25) is 0 Å². The fourth-order valence-corrected chi connectivity index (χ4v) is 1.39. The van der Waals surface area contributed by atoms with Crippen LogP contribution < -0.4 is 5.32 Å². The van der Waals surface area contributed by atoms with Crippen LogP contribution in [0.5, 0.6) is 0 Å². The molecule has 0 bridgehead atoms. The van der Waals surface area contributed by atoms with Gasteiger partial charge in [-0.2, -0.15) is 0 Å². The van der Waals surface area contributed by atoms with Gasteiger partial charge in [-0.1, -0.05) is 6.08 Å². The molecule has 0 radical (unpaired) electrons. The molecule has 0 unspecified atom stereocenters. The van der Waals surface area contributed by atoms with Crippen molar-refractivity contribution in [3.8, 4) is 0 Å². The Morgan fingerprint density at radius 2 is 1.94 bits per heavy atom. The van der Waals surface area contributed by atoms with E-state index in [1.807, 2.05) is 0 Å². The van der Waals surface area contributed by atoms with E-state index in [0.29, 0.717) is 6.61 Å². The van der Waals surface area contributed by atoms with Crippen LogP contribution in [0.2, 0.25) is 0 Å². The highest BCUT2D eigenvalue weighted by Gasteiger charge is 2.42. The molecule has 1 rings (SSSR count). The average Bonchev–Trinajstić information content (AvgIpc) is 2.93. The molecular formula is C13H21NO4. The van der Waals surface area contributed by atoms with Crippen LogP contribution in [0, 0.1) is 0 Å². The van der Waals surface area contributed by atoms with E-state index in [4.69, 9.17) is 9.47 Å². The number of amides is 1. The van der Waals surface area contributed by atoms with Gasteiger partial charge >= 0.3 is 12.1 Å². The van der Waals surface area contributed by atoms with Gasteiger partial charge in [0.15, 0.2) is 0 Å². The molecule has 102 valence electrons. The zero-order valence-corrected chi connectivity index (χ0v) is 11.4. The van der Waals surface area contributed by atoms with Gasteiger partial charge in [-0.05, 0) is 40.5 Å². The minimum absolute atomic E-state index is 0.343. The fraction of sp³-hybridized carbons (Fsp3) is 0.692. The maximum atomic E-state index is 11.6. The third kappa shape index (κ3) is 5.21. The van der Waals surface area contributed by atoms with E-state index < -0.39 is 23.2 Å². The van der Waals surface area contributed by atoms with E-state index in [2.05, 4.69) is 5.32 Å². The topological polar surface area (TPSA) is 64.6 Å². The summed E-state index contributed by atoms with van der Waals surface area (Å²) in [5, 5.41) is 2.77. The lowest BCUT2D eigenvalue weighted by Gasteiger charge is -2.22. The monoisotopic (exact) mass is 255 g/mol. The van der Waals surface area contributed by atoms with Crippen molar-refractivity contribution in [3.05, 3.63) is 12.2 Å². The van der Waals surface area contributed by atoms with Gasteiger partial charge in [-0.3, -0.25) is 0 Å². The number of hydrogen-bond donors (Lipinski definition) is 1. The normalized spacial score (nSPS) is 17.3. The van der Waals surface area contributed by atoms with Crippen molar-refractivity contribution in [1.82, 2.24) is 5.32 Å². The molecule has 1 saturated carbocycles. The molecule has 1 fully saturated rings. The van der Waals surface area contributed by atoms with E-state index in [1.54, 1.807) is 33.8 Å². The second-order valence-corrected chi connectivity index (χ2v) is 5.37. The number of esters is 1. The zero-order valence-electron chi connectivity index (χ0n) is 11.4. The number of hydrogen-bond acceptors (Lipinski definition) is 4. The number of carbonyl (C=O) groups excluding carboxylic acids is 2. The van der Waals surface area contributed by atoms with Crippen LogP contribution in [0.3, 0.4) is 0 Å². The van der Waals surface area contributed by atoms with Crippen molar-refractivity contribution in [1.29, 1.82) is 0 Å². The van der Waals surface area contributed by atoms with Crippen LogP contribution in [-0.4, -0.2) is 29.8 Å². The molecular weight excluding hydrogens is 234 g/mol.